The van der Waals surface area contributed by atoms with Crippen molar-refractivity contribution in [1.82, 2.24) is 14.7 Å². The van der Waals surface area contributed by atoms with Crippen LogP contribution in [0.5, 0.6) is 0 Å². The van der Waals surface area contributed by atoms with Gasteiger partial charge in [-0.15, -0.1) is 0 Å². The maximum Gasteiger partial charge on any atom is 0.240 e. The van der Waals surface area contributed by atoms with Gasteiger partial charge in [0.15, 0.2) is 5.82 Å². The van der Waals surface area contributed by atoms with Crippen LogP contribution in [0.1, 0.15) is 18.1 Å². The quantitative estimate of drug-likeness (QED) is 0.240. The zero-order valence-corrected chi connectivity index (χ0v) is 20.5. The molecule has 178 valence electrons. The second kappa shape index (κ2) is 10.5. The first-order chi connectivity index (χ1) is 16.9. The number of aromatic nitrogens is 2. The predicted octanol–water partition coefficient (Wildman–Crippen LogP) is 4.94. The number of hydrazone groups is 1. The molecule has 0 fully saturated rings. The smallest absolute Gasteiger partial charge is 0.240 e. The molecule has 0 radical (unpaired) electrons. The average molecular weight is 487 g/mol. The molecule has 0 spiro atoms. The third-order valence-electron chi connectivity index (χ3n) is 5.45. The van der Waals surface area contributed by atoms with E-state index in [-0.39, 0.29) is 4.90 Å². The molecule has 0 atom stereocenters. The van der Waals surface area contributed by atoms with Crippen LogP contribution in [-0.2, 0) is 10.0 Å². The lowest BCUT2D eigenvalue weighted by Gasteiger charge is -2.13. The first-order valence-corrected chi connectivity index (χ1v) is 12.4. The van der Waals surface area contributed by atoms with Crippen LogP contribution in [0.15, 0.2) is 95.1 Å². The van der Waals surface area contributed by atoms with Crippen molar-refractivity contribution in [1.29, 1.82) is 0 Å². The van der Waals surface area contributed by atoms with Crippen molar-refractivity contribution in [3.05, 3.63) is 96.2 Å². The SMILES string of the molecule is CNS(=O)(=O)c1ccc(C(C)=NNc2nc(Nc3ccccc3C)ncc2-c2ccccc2)cc1. The van der Waals surface area contributed by atoms with Crippen LogP contribution >= 0.6 is 0 Å². The highest BCUT2D eigenvalue weighted by molar-refractivity contribution is 7.89. The number of sulfonamides is 1. The summed E-state index contributed by atoms with van der Waals surface area (Å²) in [5.74, 6) is 0.979. The Labute approximate surface area is 205 Å². The van der Waals surface area contributed by atoms with Crippen LogP contribution < -0.4 is 15.5 Å². The minimum Gasteiger partial charge on any atom is -0.324 e. The first-order valence-electron chi connectivity index (χ1n) is 11.0. The minimum atomic E-state index is -3.50. The highest BCUT2D eigenvalue weighted by atomic mass is 32.2. The van der Waals surface area contributed by atoms with Crippen molar-refractivity contribution in [3.63, 3.8) is 0 Å². The molecule has 3 aromatic carbocycles. The molecule has 0 amide bonds. The number of nitrogens with one attached hydrogen (secondary N) is 3. The van der Waals surface area contributed by atoms with E-state index in [9.17, 15) is 8.42 Å². The van der Waals surface area contributed by atoms with Gasteiger partial charge < -0.3 is 5.32 Å². The van der Waals surface area contributed by atoms with Crippen LogP contribution in [0, 0.1) is 6.92 Å². The Kier molecular flexibility index (Phi) is 7.19. The lowest BCUT2D eigenvalue weighted by atomic mass is 10.1. The zero-order valence-electron chi connectivity index (χ0n) is 19.6. The molecule has 0 aliphatic heterocycles. The van der Waals surface area contributed by atoms with Gasteiger partial charge in [0.25, 0.3) is 0 Å². The summed E-state index contributed by atoms with van der Waals surface area (Å²) < 4.78 is 26.3. The topological polar surface area (TPSA) is 108 Å². The Bertz CT molecular complexity index is 1450. The van der Waals surface area contributed by atoms with E-state index in [0.717, 1.165) is 27.9 Å². The van der Waals surface area contributed by atoms with Gasteiger partial charge in [-0.1, -0.05) is 60.7 Å². The highest BCUT2D eigenvalue weighted by Gasteiger charge is 2.12. The van der Waals surface area contributed by atoms with Crippen LogP contribution in [0.4, 0.5) is 17.5 Å². The van der Waals surface area contributed by atoms with E-state index in [1.165, 1.54) is 7.05 Å². The summed E-state index contributed by atoms with van der Waals surface area (Å²) in [6.45, 7) is 3.85. The third kappa shape index (κ3) is 5.71. The van der Waals surface area contributed by atoms with Gasteiger partial charge in [-0.3, -0.25) is 5.43 Å². The summed E-state index contributed by atoms with van der Waals surface area (Å²) in [6, 6.07) is 24.3. The Hall–Kier alpha value is -4.08. The molecule has 0 saturated heterocycles. The van der Waals surface area contributed by atoms with Crippen LogP contribution in [0.3, 0.4) is 0 Å². The molecule has 0 aliphatic carbocycles. The van der Waals surface area contributed by atoms with E-state index in [0.29, 0.717) is 17.5 Å². The Morgan fingerprint density at radius 2 is 1.60 bits per heavy atom. The summed E-state index contributed by atoms with van der Waals surface area (Å²) in [7, 11) is -2.11. The number of benzene rings is 3. The molecule has 4 rings (SSSR count). The molecule has 9 heteroatoms. The monoisotopic (exact) mass is 486 g/mol. The lowest BCUT2D eigenvalue weighted by Crippen LogP contribution is -2.18. The Balaban J connectivity index is 1.64. The zero-order chi connectivity index (χ0) is 24.8. The van der Waals surface area contributed by atoms with Gasteiger partial charge in [0.05, 0.1) is 10.6 Å². The van der Waals surface area contributed by atoms with Crippen LogP contribution in [0.25, 0.3) is 11.1 Å². The number of para-hydroxylation sites is 1. The van der Waals surface area contributed by atoms with E-state index in [1.807, 2.05) is 68.4 Å². The summed E-state index contributed by atoms with van der Waals surface area (Å²) in [5, 5.41) is 7.77. The number of nitrogens with zero attached hydrogens (tertiary/aromatic N) is 3. The largest absolute Gasteiger partial charge is 0.324 e. The van der Waals surface area contributed by atoms with Crippen molar-refractivity contribution in [3.8, 4) is 11.1 Å². The fraction of sp³-hybridized carbons (Fsp3) is 0.115. The molecule has 8 nitrogen and oxygen atoms in total. The molecule has 35 heavy (non-hydrogen) atoms. The molecule has 0 unspecified atom stereocenters. The van der Waals surface area contributed by atoms with Gasteiger partial charge in [-0.2, -0.15) is 10.1 Å². The summed E-state index contributed by atoms with van der Waals surface area (Å²) in [5.41, 5.74) is 8.27. The molecular weight excluding hydrogens is 460 g/mol. The molecule has 1 heterocycles. The number of aryl methyl sites for hydroxylation is 1. The van der Waals surface area contributed by atoms with Gasteiger partial charge in [-0.05, 0) is 55.8 Å². The first kappa shape index (κ1) is 24.1. The van der Waals surface area contributed by atoms with E-state index < -0.39 is 10.0 Å². The molecule has 3 N–H and O–H groups in total. The Morgan fingerprint density at radius 1 is 0.914 bits per heavy atom. The number of anilines is 3. The predicted molar refractivity (Wildman–Crippen MR) is 140 cm³/mol. The minimum absolute atomic E-state index is 0.193. The second-order valence-electron chi connectivity index (χ2n) is 7.80. The highest BCUT2D eigenvalue weighted by Crippen LogP contribution is 2.28. The van der Waals surface area contributed by atoms with Crippen LogP contribution in [0.2, 0.25) is 0 Å². The molecule has 0 bridgehead atoms. The van der Waals surface area contributed by atoms with E-state index in [2.05, 4.69) is 30.5 Å². The van der Waals surface area contributed by atoms with Crippen molar-refractivity contribution in [2.24, 2.45) is 5.10 Å². The number of hydrogen-bond donors (Lipinski definition) is 3. The molecule has 0 aliphatic rings. The maximum atomic E-state index is 12.0. The van der Waals surface area contributed by atoms with Gasteiger partial charge in [0.1, 0.15) is 0 Å². The van der Waals surface area contributed by atoms with Crippen molar-refractivity contribution in [2.75, 3.05) is 17.8 Å². The Morgan fingerprint density at radius 3 is 2.29 bits per heavy atom. The van der Waals surface area contributed by atoms with Gasteiger partial charge >= 0.3 is 0 Å². The summed E-state index contributed by atoms with van der Waals surface area (Å²) in [6.07, 6.45) is 1.76. The van der Waals surface area contributed by atoms with E-state index >= 15 is 0 Å². The molecule has 4 aromatic rings. The maximum absolute atomic E-state index is 12.0. The van der Waals surface area contributed by atoms with Gasteiger partial charge in [-0.25, -0.2) is 18.1 Å². The van der Waals surface area contributed by atoms with Crippen molar-refractivity contribution < 1.29 is 8.42 Å². The third-order valence-corrected chi connectivity index (χ3v) is 6.88. The average Bonchev–Trinajstić information content (AvgIpc) is 2.89. The normalized spacial score (nSPS) is 11.8. The molecule has 1 aromatic heterocycles. The summed E-state index contributed by atoms with van der Waals surface area (Å²) in [4.78, 5) is 9.38. The fourth-order valence-electron chi connectivity index (χ4n) is 3.38. The number of hydrogen-bond acceptors (Lipinski definition) is 7. The van der Waals surface area contributed by atoms with Gasteiger partial charge in [0.2, 0.25) is 16.0 Å². The number of rotatable bonds is 8. The second-order valence-corrected chi connectivity index (χ2v) is 9.69. The fourth-order valence-corrected chi connectivity index (χ4v) is 4.11. The van der Waals surface area contributed by atoms with E-state index in [1.54, 1.807) is 30.5 Å². The van der Waals surface area contributed by atoms with Crippen LogP contribution in [-0.4, -0.2) is 31.1 Å². The summed E-state index contributed by atoms with van der Waals surface area (Å²) >= 11 is 0. The standard InChI is InChI=1S/C26H26N6O2S/c1-18-9-7-8-12-24(18)29-26-28-17-23(21-10-5-4-6-11-21)25(30-26)32-31-19(2)20-13-15-22(16-14-20)35(33,34)27-3/h4-17,27H,1-3H3,(H2,28,29,30,32). The van der Waals surface area contributed by atoms with Gasteiger partial charge in [0, 0.05) is 17.4 Å². The lowest BCUT2D eigenvalue weighted by molar-refractivity contribution is 0.588. The van der Waals surface area contributed by atoms with Crippen molar-refractivity contribution in [2.45, 2.75) is 18.7 Å². The van der Waals surface area contributed by atoms with Crippen molar-refractivity contribution >= 4 is 33.2 Å². The molecule has 0 saturated carbocycles. The van der Waals surface area contributed by atoms with E-state index in [4.69, 9.17) is 0 Å². The molecular formula is C26H26N6O2S.